The van der Waals surface area contributed by atoms with Crippen molar-refractivity contribution in [1.82, 2.24) is 14.8 Å². The van der Waals surface area contributed by atoms with Crippen LogP contribution in [0.15, 0.2) is 0 Å². The van der Waals surface area contributed by atoms with Gasteiger partial charge in [-0.15, -0.1) is 5.10 Å². The molecular formula is C9H13N5OS2. The number of hydrogen-bond acceptors (Lipinski definition) is 7. The van der Waals surface area contributed by atoms with Crippen LogP contribution in [-0.2, 0) is 4.74 Å². The summed E-state index contributed by atoms with van der Waals surface area (Å²) >= 11 is 6.93. The van der Waals surface area contributed by atoms with Gasteiger partial charge in [-0.3, -0.25) is 0 Å². The Morgan fingerprint density at radius 3 is 3.00 bits per heavy atom. The van der Waals surface area contributed by atoms with Crippen LogP contribution < -0.4 is 10.2 Å². The van der Waals surface area contributed by atoms with Gasteiger partial charge < -0.3 is 15.0 Å². The molecule has 8 heteroatoms. The third kappa shape index (κ3) is 2.24. The van der Waals surface area contributed by atoms with Gasteiger partial charge in [0.25, 0.3) is 0 Å². The van der Waals surface area contributed by atoms with Gasteiger partial charge >= 0.3 is 0 Å². The van der Waals surface area contributed by atoms with Gasteiger partial charge in [0.05, 0.1) is 13.2 Å². The Balaban J connectivity index is 1.87. The Morgan fingerprint density at radius 2 is 2.18 bits per heavy atom. The zero-order chi connectivity index (χ0) is 11.7. The van der Waals surface area contributed by atoms with Crippen LogP contribution in [0.4, 0.5) is 11.9 Å². The van der Waals surface area contributed by atoms with E-state index < -0.39 is 0 Å². The second kappa shape index (κ2) is 4.79. The van der Waals surface area contributed by atoms with Gasteiger partial charge in [0.1, 0.15) is 0 Å². The molecule has 0 aliphatic carbocycles. The predicted molar refractivity (Wildman–Crippen MR) is 72.0 cm³/mol. The molecule has 1 aromatic heterocycles. The van der Waals surface area contributed by atoms with Gasteiger partial charge in [0, 0.05) is 25.4 Å². The molecular weight excluding hydrogens is 258 g/mol. The summed E-state index contributed by atoms with van der Waals surface area (Å²) in [7, 11) is 0. The summed E-state index contributed by atoms with van der Waals surface area (Å²) in [5.41, 5.74) is 0. The van der Waals surface area contributed by atoms with Crippen molar-refractivity contribution in [3.05, 3.63) is 0 Å². The van der Waals surface area contributed by atoms with Crippen molar-refractivity contribution in [2.45, 2.75) is 0 Å². The van der Waals surface area contributed by atoms with E-state index >= 15 is 0 Å². The predicted octanol–water partition coefficient (Wildman–Crippen LogP) is 0.406. The second-order valence-corrected chi connectivity index (χ2v) is 5.52. The van der Waals surface area contributed by atoms with E-state index in [4.69, 9.17) is 17.0 Å². The Labute approximate surface area is 109 Å². The third-order valence-electron chi connectivity index (χ3n) is 2.67. The minimum Gasteiger partial charge on any atom is -0.378 e. The maximum Gasteiger partial charge on any atom is 0.247 e. The molecule has 0 aromatic carbocycles. The summed E-state index contributed by atoms with van der Waals surface area (Å²) < 4.78 is 7.80. The third-order valence-corrected chi connectivity index (χ3v) is 4.03. The summed E-state index contributed by atoms with van der Waals surface area (Å²) in [6, 6.07) is 0. The molecule has 0 atom stereocenters. The number of hydrogen-bond donors (Lipinski definition) is 1. The van der Waals surface area contributed by atoms with E-state index in [1.165, 1.54) is 0 Å². The second-order valence-electron chi connectivity index (χ2n) is 3.79. The van der Waals surface area contributed by atoms with Crippen molar-refractivity contribution in [2.75, 3.05) is 48.8 Å². The monoisotopic (exact) mass is 271 g/mol. The first-order valence-corrected chi connectivity index (χ1v) is 6.95. The van der Waals surface area contributed by atoms with Crippen LogP contribution in [0.3, 0.4) is 0 Å². The zero-order valence-electron chi connectivity index (χ0n) is 9.26. The lowest BCUT2D eigenvalue weighted by atomic mass is 10.4. The molecule has 0 unspecified atom stereocenters. The molecule has 0 radical (unpaired) electrons. The zero-order valence-corrected chi connectivity index (χ0v) is 10.9. The molecule has 3 heterocycles. The van der Waals surface area contributed by atoms with E-state index in [0.717, 1.165) is 54.8 Å². The van der Waals surface area contributed by atoms with E-state index in [1.807, 2.05) is 0 Å². The number of anilines is 2. The maximum absolute atomic E-state index is 5.31. The van der Waals surface area contributed by atoms with Gasteiger partial charge in [0.15, 0.2) is 4.32 Å². The smallest absolute Gasteiger partial charge is 0.247 e. The molecule has 0 spiro atoms. The summed E-state index contributed by atoms with van der Waals surface area (Å²) in [4.78, 5) is 6.62. The number of ether oxygens (including phenoxy) is 1. The highest BCUT2D eigenvalue weighted by molar-refractivity contribution is 8.23. The lowest BCUT2D eigenvalue weighted by Gasteiger charge is -2.25. The number of thiocarbonyl (C=S) groups is 1. The normalized spacial score (nSPS) is 20.7. The fourth-order valence-electron chi connectivity index (χ4n) is 1.80. The molecule has 1 fully saturated rings. The van der Waals surface area contributed by atoms with Crippen molar-refractivity contribution in [1.29, 1.82) is 0 Å². The maximum atomic E-state index is 5.31. The minimum atomic E-state index is 0.733. The molecule has 1 N–H and O–H groups in total. The van der Waals surface area contributed by atoms with Crippen molar-refractivity contribution in [2.24, 2.45) is 0 Å². The molecule has 2 aliphatic rings. The highest BCUT2D eigenvalue weighted by atomic mass is 32.2. The summed E-state index contributed by atoms with van der Waals surface area (Å²) in [6.07, 6.45) is 0. The van der Waals surface area contributed by atoms with Crippen molar-refractivity contribution in [3.63, 3.8) is 0 Å². The summed E-state index contributed by atoms with van der Waals surface area (Å²) in [6.45, 7) is 4.01. The van der Waals surface area contributed by atoms with Gasteiger partial charge in [-0.05, 0) is 0 Å². The number of morpholine rings is 1. The Bertz CT molecular complexity index is 429. The van der Waals surface area contributed by atoms with Gasteiger partial charge in [-0.25, -0.2) is 0 Å². The molecule has 0 bridgehead atoms. The molecule has 92 valence electrons. The standard InChI is InChI=1S/C9H13N5OS2/c16-9-14-7(10-1-6-17-9)11-8(12-14)13-2-4-15-5-3-13/h1-6H2,(H,10,11,12). The quantitative estimate of drug-likeness (QED) is 0.742. The van der Waals surface area contributed by atoms with Gasteiger partial charge in [-0.2, -0.15) is 9.67 Å². The molecule has 17 heavy (non-hydrogen) atoms. The average Bonchev–Trinajstić information content (AvgIpc) is 2.72. The summed E-state index contributed by atoms with van der Waals surface area (Å²) in [5, 5.41) is 7.70. The summed E-state index contributed by atoms with van der Waals surface area (Å²) in [5.74, 6) is 2.44. The van der Waals surface area contributed by atoms with E-state index in [0.29, 0.717) is 0 Å². The SMILES string of the molecule is S=C1SCCNc2nc(N3CCOCC3)nn21. The molecule has 6 nitrogen and oxygen atoms in total. The highest BCUT2D eigenvalue weighted by Gasteiger charge is 2.21. The molecule has 1 aromatic rings. The highest BCUT2D eigenvalue weighted by Crippen LogP contribution is 2.20. The number of nitrogens with zero attached hydrogens (tertiary/aromatic N) is 4. The number of nitrogens with one attached hydrogen (secondary N) is 1. The van der Waals surface area contributed by atoms with E-state index in [1.54, 1.807) is 16.4 Å². The molecule has 1 saturated heterocycles. The Hall–Kier alpha value is -0.860. The first-order valence-electron chi connectivity index (χ1n) is 5.55. The van der Waals surface area contributed by atoms with Crippen LogP contribution in [0.1, 0.15) is 0 Å². The van der Waals surface area contributed by atoms with Crippen LogP contribution in [0, 0.1) is 0 Å². The van der Waals surface area contributed by atoms with Crippen LogP contribution in [0.25, 0.3) is 0 Å². The average molecular weight is 271 g/mol. The van der Waals surface area contributed by atoms with Crippen LogP contribution >= 0.6 is 24.0 Å². The first-order chi connectivity index (χ1) is 8.34. The van der Waals surface area contributed by atoms with E-state index in [2.05, 4.69) is 20.3 Å². The van der Waals surface area contributed by atoms with Gasteiger partial charge in [-0.1, -0.05) is 24.0 Å². The molecule has 2 aliphatic heterocycles. The number of fused-ring (bicyclic) bond motifs is 1. The molecule has 0 amide bonds. The number of rotatable bonds is 1. The van der Waals surface area contributed by atoms with E-state index in [-0.39, 0.29) is 0 Å². The van der Waals surface area contributed by atoms with Crippen LogP contribution in [0.5, 0.6) is 0 Å². The first kappa shape index (κ1) is 11.2. The van der Waals surface area contributed by atoms with Crippen molar-refractivity contribution < 1.29 is 4.74 Å². The van der Waals surface area contributed by atoms with Crippen LogP contribution in [0.2, 0.25) is 0 Å². The molecule has 0 saturated carbocycles. The van der Waals surface area contributed by atoms with Crippen LogP contribution in [-0.4, -0.2) is 57.7 Å². The Morgan fingerprint density at radius 1 is 1.35 bits per heavy atom. The van der Waals surface area contributed by atoms with Gasteiger partial charge in [0.2, 0.25) is 11.9 Å². The fourth-order valence-corrected chi connectivity index (χ4v) is 2.81. The number of aromatic nitrogens is 3. The lowest BCUT2D eigenvalue weighted by Crippen LogP contribution is -2.37. The van der Waals surface area contributed by atoms with Crippen molar-refractivity contribution in [3.8, 4) is 0 Å². The topological polar surface area (TPSA) is 55.2 Å². The number of thioether (sulfide) groups is 1. The Kier molecular flexibility index (Phi) is 3.17. The fraction of sp³-hybridized carbons (Fsp3) is 0.667. The molecule has 3 rings (SSSR count). The lowest BCUT2D eigenvalue weighted by molar-refractivity contribution is 0.122. The van der Waals surface area contributed by atoms with E-state index in [9.17, 15) is 0 Å². The largest absolute Gasteiger partial charge is 0.378 e. The van der Waals surface area contributed by atoms with Crippen molar-refractivity contribution >= 4 is 40.2 Å². The minimum absolute atomic E-state index is 0.733.